The maximum Gasteiger partial charge on any atom is 0.253 e. The van der Waals surface area contributed by atoms with Gasteiger partial charge in [-0.1, -0.05) is 24.3 Å². The average molecular weight is 510 g/mol. The summed E-state index contributed by atoms with van der Waals surface area (Å²) in [6.45, 7) is 3.97. The fourth-order valence-electron chi connectivity index (χ4n) is 2.71. The summed E-state index contributed by atoms with van der Waals surface area (Å²) in [5.74, 6) is 1.62. The Morgan fingerprint density at radius 2 is 1.79 bits per heavy atom. The lowest BCUT2D eigenvalue weighted by atomic mass is 10.1. The molecule has 0 saturated carbocycles. The molecule has 0 atom stereocenters. The molecule has 0 bridgehead atoms. The molecular formula is C22H31IN4O2. The lowest BCUT2D eigenvalue weighted by Crippen LogP contribution is -2.40. The molecule has 0 aromatic heterocycles. The maximum absolute atomic E-state index is 12.1. The van der Waals surface area contributed by atoms with Crippen LogP contribution in [0.5, 0.6) is 5.75 Å². The summed E-state index contributed by atoms with van der Waals surface area (Å²) in [6, 6.07) is 15.7. The van der Waals surface area contributed by atoms with Crippen LogP contribution in [-0.4, -0.2) is 57.6 Å². The lowest BCUT2D eigenvalue weighted by molar-refractivity contribution is 0.0827. The van der Waals surface area contributed by atoms with Crippen LogP contribution in [0.15, 0.2) is 53.5 Å². The molecule has 7 heteroatoms. The quantitative estimate of drug-likeness (QED) is 0.248. The van der Waals surface area contributed by atoms with Crippen LogP contribution < -0.4 is 15.4 Å². The Kier molecular flexibility index (Phi) is 11.1. The molecule has 2 N–H and O–H groups in total. The van der Waals surface area contributed by atoms with Gasteiger partial charge in [-0.25, -0.2) is 0 Å². The van der Waals surface area contributed by atoms with Gasteiger partial charge in [0.15, 0.2) is 5.96 Å². The molecule has 0 aliphatic carbocycles. The highest BCUT2D eigenvalue weighted by atomic mass is 127. The highest BCUT2D eigenvalue weighted by Crippen LogP contribution is 2.11. The molecule has 0 heterocycles. The monoisotopic (exact) mass is 510 g/mol. The van der Waals surface area contributed by atoms with Crippen molar-refractivity contribution in [2.75, 3.05) is 40.8 Å². The predicted octanol–water partition coefficient (Wildman–Crippen LogP) is 3.10. The molecule has 158 valence electrons. The largest absolute Gasteiger partial charge is 0.492 e. The van der Waals surface area contributed by atoms with E-state index >= 15 is 0 Å². The molecule has 2 rings (SSSR count). The highest BCUT2D eigenvalue weighted by molar-refractivity contribution is 14.0. The van der Waals surface area contributed by atoms with E-state index in [9.17, 15) is 4.79 Å². The van der Waals surface area contributed by atoms with Crippen molar-refractivity contribution >= 4 is 35.8 Å². The second kappa shape index (κ2) is 13.0. The number of benzene rings is 2. The molecule has 29 heavy (non-hydrogen) atoms. The number of ether oxygens (including phenoxy) is 1. The SMILES string of the molecule is CN=C(NCCOc1cccc(C)c1)NCCc1cccc(C(=O)N(C)C)c1.I. The minimum absolute atomic E-state index is 0. The first-order valence-electron chi connectivity index (χ1n) is 9.44. The number of rotatable bonds is 8. The number of carbonyl (C=O) groups is 1. The number of hydrogen-bond donors (Lipinski definition) is 2. The Labute approximate surface area is 190 Å². The van der Waals surface area contributed by atoms with Gasteiger partial charge in [-0.3, -0.25) is 9.79 Å². The highest BCUT2D eigenvalue weighted by Gasteiger charge is 2.08. The third-order valence-electron chi connectivity index (χ3n) is 4.16. The summed E-state index contributed by atoms with van der Waals surface area (Å²) in [4.78, 5) is 17.9. The minimum atomic E-state index is 0. The second-order valence-electron chi connectivity index (χ2n) is 6.74. The summed E-state index contributed by atoms with van der Waals surface area (Å²) >= 11 is 0. The topological polar surface area (TPSA) is 66.0 Å². The molecule has 0 radical (unpaired) electrons. The fraction of sp³-hybridized carbons (Fsp3) is 0.364. The van der Waals surface area contributed by atoms with Gasteiger partial charge in [0, 0.05) is 33.3 Å². The van der Waals surface area contributed by atoms with Crippen molar-refractivity contribution < 1.29 is 9.53 Å². The van der Waals surface area contributed by atoms with Crippen molar-refractivity contribution in [3.05, 3.63) is 65.2 Å². The number of nitrogens with zero attached hydrogens (tertiary/aromatic N) is 2. The molecule has 6 nitrogen and oxygen atoms in total. The van der Waals surface area contributed by atoms with Crippen molar-refractivity contribution in [1.29, 1.82) is 0 Å². The van der Waals surface area contributed by atoms with Crippen LogP contribution in [0.4, 0.5) is 0 Å². The van der Waals surface area contributed by atoms with Crippen molar-refractivity contribution in [2.24, 2.45) is 4.99 Å². The Bertz CT molecular complexity index is 809. The summed E-state index contributed by atoms with van der Waals surface area (Å²) in [6.07, 6.45) is 0.801. The van der Waals surface area contributed by atoms with Gasteiger partial charge in [0.1, 0.15) is 12.4 Å². The van der Waals surface area contributed by atoms with Gasteiger partial charge in [0.2, 0.25) is 0 Å². The predicted molar refractivity (Wildman–Crippen MR) is 130 cm³/mol. The third kappa shape index (κ3) is 8.72. The van der Waals surface area contributed by atoms with Gasteiger partial charge in [-0.15, -0.1) is 24.0 Å². The molecule has 0 saturated heterocycles. The smallest absolute Gasteiger partial charge is 0.253 e. The number of carbonyl (C=O) groups excluding carboxylic acids is 1. The van der Waals surface area contributed by atoms with E-state index in [4.69, 9.17) is 4.74 Å². The number of hydrogen-bond acceptors (Lipinski definition) is 3. The van der Waals surface area contributed by atoms with Crippen molar-refractivity contribution in [2.45, 2.75) is 13.3 Å². The van der Waals surface area contributed by atoms with Crippen LogP contribution in [0.2, 0.25) is 0 Å². The van der Waals surface area contributed by atoms with Gasteiger partial charge in [-0.05, 0) is 48.7 Å². The number of halogens is 1. The Balaban J connectivity index is 0.00000420. The molecule has 0 fully saturated rings. The molecular weight excluding hydrogens is 479 g/mol. The molecule has 1 amide bonds. The third-order valence-corrected chi connectivity index (χ3v) is 4.16. The summed E-state index contributed by atoms with van der Waals surface area (Å²) in [5, 5.41) is 6.52. The minimum Gasteiger partial charge on any atom is -0.492 e. The molecule has 2 aromatic carbocycles. The fourth-order valence-corrected chi connectivity index (χ4v) is 2.71. The first-order valence-corrected chi connectivity index (χ1v) is 9.44. The lowest BCUT2D eigenvalue weighted by Gasteiger charge is -2.13. The van der Waals surface area contributed by atoms with Crippen LogP contribution in [0.25, 0.3) is 0 Å². The van der Waals surface area contributed by atoms with E-state index in [1.165, 1.54) is 5.56 Å². The summed E-state index contributed by atoms with van der Waals surface area (Å²) in [7, 11) is 5.26. The van der Waals surface area contributed by atoms with Gasteiger partial charge in [0.25, 0.3) is 5.91 Å². The maximum atomic E-state index is 12.1. The van der Waals surface area contributed by atoms with Gasteiger partial charge in [-0.2, -0.15) is 0 Å². The van der Waals surface area contributed by atoms with E-state index < -0.39 is 0 Å². The zero-order valence-corrected chi connectivity index (χ0v) is 19.9. The van der Waals surface area contributed by atoms with Gasteiger partial charge >= 0.3 is 0 Å². The first kappa shape index (κ1) is 24.7. The van der Waals surface area contributed by atoms with E-state index in [1.54, 1.807) is 26.0 Å². The van der Waals surface area contributed by atoms with Crippen molar-refractivity contribution in [1.82, 2.24) is 15.5 Å². The summed E-state index contributed by atoms with van der Waals surface area (Å²) in [5.41, 5.74) is 3.00. The number of amides is 1. The van der Waals surface area contributed by atoms with E-state index in [2.05, 4.69) is 15.6 Å². The Hall–Kier alpha value is -2.29. The first-order chi connectivity index (χ1) is 13.5. The van der Waals surface area contributed by atoms with Crippen LogP contribution in [0, 0.1) is 6.92 Å². The van der Waals surface area contributed by atoms with E-state index in [-0.39, 0.29) is 29.9 Å². The van der Waals surface area contributed by atoms with Crippen LogP contribution in [-0.2, 0) is 6.42 Å². The molecule has 0 aliphatic rings. The average Bonchev–Trinajstić information content (AvgIpc) is 2.69. The Morgan fingerprint density at radius 1 is 1.07 bits per heavy atom. The number of aliphatic imine (C=N–C) groups is 1. The number of guanidine groups is 1. The zero-order valence-electron chi connectivity index (χ0n) is 17.6. The van der Waals surface area contributed by atoms with E-state index in [0.29, 0.717) is 18.7 Å². The molecule has 0 spiro atoms. The zero-order chi connectivity index (χ0) is 20.4. The van der Waals surface area contributed by atoms with Gasteiger partial charge in [0.05, 0.1) is 6.54 Å². The van der Waals surface area contributed by atoms with Crippen LogP contribution >= 0.6 is 24.0 Å². The van der Waals surface area contributed by atoms with Crippen molar-refractivity contribution in [3.63, 3.8) is 0 Å². The van der Waals surface area contributed by atoms with Crippen molar-refractivity contribution in [3.8, 4) is 5.75 Å². The molecule has 0 unspecified atom stereocenters. The summed E-state index contributed by atoms with van der Waals surface area (Å²) < 4.78 is 5.73. The Morgan fingerprint density at radius 3 is 2.48 bits per heavy atom. The number of aryl methyl sites for hydroxylation is 1. The normalized spacial score (nSPS) is 10.7. The van der Waals surface area contributed by atoms with Crippen LogP contribution in [0.1, 0.15) is 21.5 Å². The molecule has 2 aromatic rings. The van der Waals surface area contributed by atoms with Gasteiger partial charge < -0.3 is 20.3 Å². The van der Waals surface area contributed by atoms with Crippen LogP contribution in [0.3, 0.4) is 0 Å². The van der Waals surface area contributed by atoms with E-state index in [1.807, 2.05) is 55.5 Å². The molecule has 0 aliphatic heterocycles. The number of nitrogens with one attached hydrogen (secondary N) is 2. The standard InChI is InChI=1S/C22H30N4O2.HI/c1-17-7-5-10-20(15-17)28-14-13-25-22(23-2)24-12-11-18-8-6-9-19(16-18)21(27)26(3)4;/h5-10,15-16H,11-14H2,1-4H3,(H2,23,24,25);1H. The van der Waals surface area contributed by atoms with E-state index in [0.717, 1.165) is 30.2 Å². The second-order valence-corrected chi connectivity index (χ2v) is 6.74.